The van der Waals surface area contributed by atoms with Crippen molar-refractivity contribution in [3.05, 3.63) is 35.8 Å². The third-order valence-electron chi connectivity index (χ3n) is 4.47. The molecule has 3 heterocycles. The topological polar surface area (TPSA) is 109 Å². The summed E-state index contributed by atoms with van der Waals surface area (Å²) in [6.45, 7) is 1.87. The zero-order valence-electron chi connectivity index (χ0n) is 14.2. The number of pyridine rings is 1. The van der Waals surface area contributed by atoms with Gasteiger partial charge >= 0.3 is 5.97 Å². The van der Waals surface area contributed by atoms with E-state index in [1.807, 2.05) is 20.0 Å². The fourth-order valence-corrected chi connectivity index (χ4v) is 2.98. The van der Waals surface area contributed by atoms with E-state index in [0.29, 0.717) is 11.5 Å². The van der Waals surface area contributed by atoms with Crippen LogP contribution in [-0.2, 0) is 4.79 Å². The van der Waals surface area contributed by atoms with Gasteiger partial charge in [-0.1, -0.05) is 13.3 Å². The molecule has 3 rings (SSSR count). The Bertz CT molecular complexity index is 801. The fourth-order valence-electron chi connectivity index (χ4n) is 2.98. The third-order valence-corrected chi connectivity index (χ3v) is 4.47. The zero-order chi connectivity index (χ0) is 18.0. The van der Waals surface area contributed by atoms with Gasteiger partial charge in [-0.25, -0.2) is 9.48 Å². The number of aromatic carboxylic acids is 1. The minimum Gasteiger partial charge on any atom is -0.476 e. The predicted molar refractivity (Wildman–Crippen MR) is 91.8 cm³/mol. The zero-order valence-corrected chi connectivity index (χ0v) is 14.2. The van der Waals surface area contributed by atoms with Crippen molar-refractivity contribution in [2.45, 2.75) is 32.2 Å². The number of anilines is 1. The van der Waals surface area contributed by atoms with Gasteiger partial charge in [0.25, 0.3) is 0 Å². The molecule has 3 N–H and O–H groups in total. The normalized spacial score (nSPS) is 20.8. The number of rotatable bonds is 2. The molecule has 1 aliphatic heterocycles. The fraction of sp³-hybridized carbons (Fsp3) is 0.412. The highest BCUT2D eigenvalue weighted by Crippen LogP contribution is 2.25. The van der Waals surface area contributed by atoms with Crippen molar-refractivity contribution in [2.24, 2.45) is 5.92 Å². The van der Waals surface area contributed by atoms with Crippen molar-refractivity contribution in [2.75, 3.05) is 12.4 Å². The largest absolute Gasteiger partial charge is 0.476 e. The van der Waals surface area contributed by atoms with E-state index in [2.05, 4.69) is 20.7 Å². The van der Waals surface area contributed by atoms with Crippen LogP contribution in [0.3, 0.4) is 0 Å². The minimum absolute atomic E-state index is 0.0626. The van der Waals surface area contributed by atoms with Crippen LogP contribution in [0.1, 0.15) is 48.4 Å². The minimum atomic E-state index is -1.14. The van der Waals surface area contributed by atoms with Crippen molar-refractivity contribution < 1.29 is 14.7 Å². The highest BCUT2D eigenvalue weighted by molar-refractivity contribution is 5.93. The number of fused-ring (bicyclic) bond motifs is 4. The molecule has 2 bridgehead atoms. The maximum absolute atomic E-state index is 12.4. The summed E-state index contributed by atoms with van der Waals surface area (Å²) in [6, 6.07) is 5.03. The molecule has 2 atom stereocenters. The molecular weight excluding hydrogens is 322 g/mol. The number of amides is 1. The Hall–Kier alpha value is -2.74. The average molecular weight is 343 g/mol. The molecule has 2 aromatic rings. The van der Waals surface area contributed by atoms with Gasteiger partial charge in [0.05, 0.1) is 11.4 Å². The number of carboxylic acids is 1. The molecular formula is C17H21N5O3. The first-order valence-corrected chi connectivity index (χ1v) is 8.27. The Balaban J connectivity index is 2.12. The second-order valence-corrected chi connectivity index (χ2v) is 6.23. The van der Waals surface area contributed by atoms with Gasteiger partial charge in [0.15, 0.2) is 5.69 Å². The van der Waals surface area contributed by atoms with E-state index in [9.17, 15) is 14.7 Å². The predicted octanol–water partition coefficient (Wildman–Crippen LogP) is 1.98. The quantitative estimate of drug-likeness (QED) is 0.769. The molecule has 2 aromatic heterocycles. The molecule has 132 valence electrons. The van der Waals surface area contributed by atoms with Gasteiger partial charge in [-0.05, 0) is 32.0 Å². The lowest BCUT2D eigenvalue weighted by Crippen LogP contribution is -2.24. The van der Waals surface area contributed by atoms with Gasteiger partial charge in [0, 0.05) is 24.2 Å². The van der Waals surface area contributed by atoms with E-state index in [4.69, 9.17) is 0 Å². The lowest BCUT2D eigenvalue weighted by Gasteiger charge is -2.20. The third kappa shape index (κ3) is 3.53. The molecule has 1 amide bonds. The van der Waals surface area contributed by atoms with Gasteiger partial charge in [-0.3, -0.25) is 9.78 Å². The van der Waals surface area contributed by atoms with E-state index in [1.54, 1.807) is 12.3 Å². The summed E-state index contributed by atoms with van der Waals surface area (Å²) in [5, 5.41) is 19.4. The van der Waals surface area contributed by atoms with Crippen LogP contribution in [0.15, 0.2) is 24.4 Å². The highest BCUT2D eigenvalue weighted by Gasteiger charge is 2.22. The number of hydrogen-bond acceptors (Lipinski definition) is 5. The summed E-state index contributed by atoms with van der Waals surface area (Å²) in [4.78, 5) is 28.1. The SMILES string of the molecule is CN[C@H]1CCC[C@@H](C)C(=O)Nc2cc(C(=O)O)nn2-c2ccnc1c2. The molecule has 8 nitrogen and oxygen atoms in total. The van der Waals surface area contributed by atoms with Gasteiger partial charge in [0.1, 0.15) is 5.82 Å². The van der Waals surface area contributed by atoms with Crippen molar-refractivity contribution in [3.63, 3.8) is 0 Å². The number of nitrogens with zero attached hydrogens (tertiary/aromatic N) is 3. The number of hydrogen-bond donors (Lipinski definition) is 3. The Morgan fingerprint density at radius 1 is 1.40 bits per heavy atom. The van der Waals surface area contributed by atoms with E-state index in [-0.39, 0.29) is 23.6 Å². The van der Waals surface area contributed by atoms with Crippen molar-refractivity contribution in [3.8, 4) is 5.69 Å². The van der Waals surface area contributed by atoms with E-state index >= 15 is 0 Å². The molecule has 0 aliphatic carbocycles. The maximum Gasteiger partial charge on any atom is 0.356 e. The van der Waals surface area contributed by atoms with E-state index in [0.717, 1.165) is 25.0 Å². The molecule has 0 spiro atoms. The second kappa shape index (κ2) is 7.02. The molecule has 0 saturated carbocycles. The van der Waals surface area contributed by atoms with Gasteiger partial charge in [0.2, 0.25) is 5.91 Å². The van der Waals surface area contributed by atoms with E-state index in [1.165, 1.54) is 10.7 Å². The molecule has 0 aromatic carbocycles. The molecule has 25 heavy (non-hydrogen) atoms. The first-order chi connectivity index (χ1) is 12.0. The van der Waals surface area contributed by atoms with Gasteiger partial charge in [-0.2, -0.15) is 5.10 Å². The van der Waals surface area contributed by atoms with Crippen LogP contribution in [0.5, 0.6) is 0 Å². The molecule has 1 aliphatic rings. The molecule has 0 radical (unpaired) electrons. The van der Waals surface area contributed by atoms with Crippen LogP contribution in [0.4, 0.5) is 5.82 Å². The molecule has 0 unspecified atom stereocenters. The highest BCUT2D eigenvalue weighted by atomic mass is 16.4. The Morgan fingerprint density at radius 3 is 2.92 bits per heavy atom. The maximum atomic E-state index is 12.4. The van der Waals surface area contributed by atoms with Crippen molar-refractivity contribution in [1.29, 1.82) is 0 Å². The van der Waals surface area contributed by atoms with Crippen LogP contribution < -0.4 is 10.6 Å². The first kappa shape index (κ1) is 17.1. The number of carbonyl (C=O) groups excluding carboxylic acids is 1. The van der Waals surface area contributed by atoms with Crippen LogP contribution >= 0.6 is 0 Å². The Kier molecular flexibility index (Phi) is 4.80. The van der Waals surface area contributed by atoms with Crippen LogP contribution in [0.2, 0.25) is 0 Å². The number of carbonyl (C=O) groups is 2. The summed E-state index contributed by atoms with van der Waals surface area (Å²) in [6.07, 6.45) is 4.14. The summed E-state index contributed by atoms with van der Waals surface area (Å²) < 4.78 is 1.44. The summed E-state index contributed by atoms with van der Waals surface area (Å²) >= 11 is 0. The van der Waals surface area contributed by atoms with Crippen LogP contribution in [-0.4, -0.2) is 38.8 Å². The number of aromatic nitrogens is 3. The van der Waals surface area contributed by atoms with Crippen molar-refractivity contribution in [1.82, 2.24) is 20.1 Å². The number of carboxylic acid groups (broad SMARTS) is 1. The second-order valence-electron chi connectivity index (χ2n) is 6.23. The summed E-state index contributed by atoms with van der Waals surface area (Å²) in [5.74, 6) is -1.13. The Labute approximate surface area is 145 Å². The summed E-state index contributed by atoms with van der Waals surface area (Å²) in [7, 11) is 1.88. The monoisotopic (exact) mass is 343 g/mol. The standard InChI is InChI=1S/C17H21N5O3/c1-10-4-3-5-12(18-2)13-8-11(6-7-19-13)22-15(20-16(10)23)9-14(21-22)17(24)25/h6-10,12,18H,3-5H2,1-2H3,(H,20,23)(H,24,25)/t10-,12+/m1/s1. The lowest BCUT2D eigenvalue weighted by molar-refractivity contribution is -0.119. The van der Waals surface area contributed by atoms with Crippen LogP contribution in [0.25, 0.3) is 5.69 Å². The lowest BCUT2D eigenvalue weighted by atomic mass is 9.99. The Morgan fingerprint density at radius 2 is 2.20 bits per heavy atom. The summed E-state index contributed by atoms with van der Waals surface area (Å²) in [5.41, 5.74) is 1.39. The van der Waals surface area contributed by atoms with Gasteiger partial charge in [-0.15, -0.1) is 0 Å². The molecule has 0 saturated heterocycles. The van der Waals surface area contributed by atoms with Gasteiger partial charge < -0.3 is 15.7 Å². The molecule has 0 fully saturated rings. The molecule has 8 heteroatoms. The smallest absolute Gasteiger partial charge is 0.356 e. The van der Waals surface area contributed by atoms with Crippen LogP contribution in [0, 0.1) is 5.92 Å². The number of nitrogens with one attached hydrogen (secondary N) is 2. The van der Waals surface area contributed by atoms with E-state index < -0.39 is 5.97 Å². The van der Waals surface area contributed by atoms with Crippen molar-refractivity contribution >= 4 is 17.7 Å². The first-order valence-electron chi connectivity index (χ1n) is 8.27. The average Bonchev–Trinajstić information content (AvgIpc) is 3.02.